The molecule has 3 aromatic rings. The van der Waals surface area contributed by atoms with Crippen molar-refractivity contribution in [3.8, 4) is 11.6 Å². The maximum atomic E-state index is 5.91. The molecule has 0 aliphatic carbocycles. The number of imidazole rings is 1. The lowest BCUT2D eigenvalue weighted by atomic mass is 10.2. The summed E-state index contributed by atoms with van der Waals surface area (Å²) in [5, 5.41) is 1.00. The van der Waals surface area contributed by atoms with Crippen molar-refractivity contribution in [1.82, 2.24) is 14.5 Å². The zero-order valence-corrected chi connectivity index (χ0v) is 12.9. The van der Waals surface area contributed by atoms with Crippen LogP contribution in [-0.4, -0.2) is 25.5 Å². The quantitative estimate of drug-likeness (QED) is 0.724. The fourth-order valence-electron chi connectivity index (χ4n) is 2.75. The molecular formula is C15H14ClN3OS. The number of aromatic nitrogens is 3. The number of thioether (sulfide) groups is 1. The topological polar surface area (TPSA) is 43.9 Å². The van der Waals surface area contributed by atoms with Gasteiger partial charge in [0.25, 0.3) is 0 Å². The van der Waals surface area contributed by atoms with Crippen molar-refractivity contribution in [3.05, 3.63) is 35.7 Å². The Morgan fingerprint density at radius 2 is 2.33 bits per heavy atom. The van der Waals surface area contributed by atoms with Crippen LogP contribution in [0.1, 0.15) is 12.8 Å². The molecule has 21 heavy (non-hydrogen) atoms. The average Bonchev–Trinajstić information content (AvgIpc) is 3.20. The molecule has 4 heterocycles. The molecule has 0 bridgehead atoms. The minimum Gasteiger partial charge on any atom is -0.441 e. The molecule has 4 rings (SSSR count). The van der Waals surface area contributed by atoms with Crippen LogP contribution in [0.4, 0.5) is 0 Å². The molecule has 0 radical (unpaired) electrons. The first-order valence-corrected chi connectivity index (χ1v) is 8.42. The van der Waals surface area contributed by atoms with Crippen LogP contribution in [-0.2, 0) is 6.54 Å². The van der Waals surface area contributed by atoms with Crippen molar-refractivity contribution in [2.24, 2.45) is 0 Å². The van der Waals surface area contributed by atoms with Gasteiger partial charge in [0, 0.05) is 18.0 Å². The van der Waals surface area contributed by atoms with Crippen LogP contribution >= 0.6 is 23.4 Å². The van der Waals surface area contributed by atoms with E-state index >= 15 is 0 Å². The number of nitrogens with zero attached hydrogens (tertiary/aromatic N) is 3. The third kappa shape index (κ3) is 2.45. The van der Waals surface area contributed by atoms with E-state index in [1.165, 1.54) is 18.6 Å². The van der Waals surface area contributed by atoms with E-state index in [1.807, 2.05) is 30.0 Å². The summed E-state index contributed by atoms with van der Waals surface area (Å²) in [6, 6.07) is 7.50. The van der Waals surface area contributed by atoms with Crippen molar-refractivity contribution < 1.29 is 4.42 Å². The summed E-state index contributed by atoms with van der Waals surface area (Å²) in [5.74, 6) is 2.75. The molecule has 6 heteroatoms. The first kappa shape index (κ1) is 13.2. The van der Waals surface area contributed by atoms with Crippen molar-refractivity contribution in [1.29, 1.82) is 0 Å². The summed E-state index contributed by atoms with van der Waals surface area (Å²) in [6.45, 7) is 0.909. The summed E-state index contributed by atoms with van der Waals surface area (Å²) < 4.78 is 7.71. The number of rotatable bonds is 3. The van der Waals surface area contributed by atoms with Crippen LogP contribution in [0.15, 0.2) is 34.9 Å². The fourth-order valence-corrected chi connectivity index (χ4v) is 4.15. The molecule has 4 nitrogen and oxygen atoms in total. The van der Waals surface area contributed by atoms with E-state index in [0.717, 1.165) is 23.5 Å². The molecule has 1 atom stereocenters. The van der Waals surface area contributed by atoms with E-state index in [1.54, 1.807) is 12.3 Å². The number of hydrogen-bond donors (Lipinski definition) is 0. The van der Waals surface area contributed by atoms with Gasteiger partial charge in [0.2, 0.25) is 0 Å². The molecule has 0 spiro atoms. The van der Waals surface area contributed by atoms with Gasteiger partial charge in [0.1, 0.15) is 5.52 Å². The highest BCUT2D eigenvalue weighted by Crippen LogP contribution is 2.32. The normalized spacial score (nSPS) is 18.6. The Balaban J connectivity index is 1.84. The van der Waals surface area contributed by atoms with E-state index in [4.69, 9.17) is 16.0 Å². The number of halogens is 1. The number of furan rings is 1. The SMILES string of the molecule is Clc1ccc(-c2nc3cccnc3n2CC2CCCS2)o1. The van der Waals surface area contributed by atoms with Crippen molar-refractivity contribution in [2.45, 2.75) is 24.6 Å². The number of fused-ring (bicyclic) bond motifs is 1. The Morgan fingerprint density at radius 3 is 3.10 bits per heavy atom. The zero-order chi connectivity index (χ0) is 14.2. The Hall–Kier alpha value is -1.46. The molecule has 1 aliphatic heterocycles. The maximum Gasteiger partial charge on any atom is 0.194 e. The third-order valence-electron chi connectivity index (χ3n) is 3.71. The first-order chi connectivity index (χ1) is 10.3. The van der Waals surface area contributed by atoms with Crippen LogP contribution in [0, 0.1) is 0 Å². The predicted molar refractivity (Wildman–Crippen MR) is 85.7 cm³/mol. The van der Waals surface area contributed by atoms with E-state index < -0.39 is 0 Å². The molecule has 0 amide bonds. The van der Waals surface area contributed by atoms with Crippen LogP contribution in [0.5, 0.6) is 0 Å². The second kappa shape index (κ2) is 5.39. The second-order valence-corrected chi connectivity index (χ2v) is 6.91. The standard InChI is InChI=1S/C15H14ClN3OS/c16-13-6-5-12(20-13)15-18-11-4-1-7-17-14(11)19(15)9-10-3-2-8-21-10/h1,4-7,10H,2-3,8-9H2. The Bertz CT molecular complexity index is 776. The van der Waals surface area contributed by atoms with Gasteiger partial charge in [-0.3, -0.25) is 0 Å². The second-order valence-electron chi connectivity index (χ2n) is 5.13. The van der Waals surface area contributed by atoms with E-state index in [0.29, 0.717) is 16.2 Å². The van der Waals surface area contributed by atoms with E-state index in [2.05, 4.69) is 14.5 Å². The van der Waals surface area contributed by atoms with E-state index in [-0.39, 0.29) is 0 Å². The van der Waals surface area contributed by atoms with Gasteiger partial charge in [-0.2, -0.15) is 11.8 Å². The highest BCUT2D eigenvalue weighted by Gasteiger charge is 2.22. The average molecular weight is 320 g/mol. The molecule has 1 fully saturated rings. The van der Waals surface area contributed by atoms with Crippen LogP contribution in [0.2, 0.25) is 5.22 Å². The molecule has 1 aliphatic rings. The lowest BCUT2D eigenvalue weighted by Crippen LogP contribution is -2.11. The first-order valence-electron chi connectivity index (χ1n) is 7.00. The smallest absolute Gasteiger partial charge is 0.194 e. The minimum absolute atomic E-state index is 0.381. The lowest BCUT2D eigenvalue weighted by molar-refractivity contribution is 0.567. The highest BCUT2D eigenvalue weighted by molar-refractivity contribution is 8.00. The summed E-state index contributed by atoms with van der Waals surface area (Å²) in [6.07, 6.45) is 4.34. The Morgan fingerprint density at radius 1 is 1.38 bits per heavy atom. The molecule has 3 aromatic heterocycles. The van der Waals surface area contributed by atoms with Gasteiger partial charge in [-0.1, -0.05) is 0 Å². The number of hydrogen-bond acceptors (Lipinski definition) is 4. The van der Waals surface area contributed by atoms with Gasteiger partial charge in [0.05, 0.1) is 0 Å². The summed E-state index contributed by atoms with van der Waals surface area (Å²) in [4.78, 5) is 9.17. The van der Waals surface area contributed by atoms with Gasteiger partial charge < -0.3 is 8.98 Å². The Labute approximate surface area is 131 Å². The van der Waals surface area contributed by atoms with Crippen molar-refractivity contribution in [3.63, 3.8) is 0 Å². The largest absolute Gasteiger partial charge is 0.441 e. The van der Waals surface area contributed by atoms with Gasteiger partial charge in [-0.25, -0.2) is 9.97 Å². The third-order valence-corrected chi connectivity index (χ3v) is 5.29. The van der Waals surface area contributed by atoms with Crippen LogP contribution in [0.25, 0.3) is 22.7 Å². The van der Waals surface area contributed by atoms with Gasteiger partial charge in [-0.15, -0.1) is 0 Å². The lowest BCUT2D eigenvalue weighted by Gasteiger charge is -2.12. The van der Waals surface area contributed by atoms with E-state index in [9.17, 15) is 0 Å². The predicted octanol–water partition coefficient (Wildman–Crippen LogP) is 4.24. The minimum atomic E-state index is 0.381. The van der Waals surface area contributed by atoms with Crippen molar-refractivity contribution >= 4 is 34.5 Å². The van der Waals surface area contributed by atoms with Crippen LogP contribution in [0.3, 0.4) is 0 Å². The molecule has 1 unspecified atom stereocenters. The van der Waals surface area contributed by atoms with Crippen LogP contribution < -0.4 is 0 Å². The number of pyridine rings is 1. The highest BCUT2D eigenvalue weighted by atomic mass is 35.5. The summed E-state index contributed by atoms with van der Waals surface area (Å²) in [7, 11) is 0. The molecular weight excluding hydrogens is 306 g/mol. The zero-order valence-electron chi connectivity index (χ0n) is 11.3. The molecule has 0 saturated carbocycles. The molecule has 108 valence electrons. The molecule has 1 saturated heterocycles. The summed E-state index contributed by atoms with van der Waals surface area (Å²) >= 11 is 7.93. The monoisotopic (exact) mass is 319 g/mol. The molecule has 0 aromatic carbocycles. The van der Waals surface area contributed by atoms with Crippen molar-refractivity contribution in [2.75, 3.05) is 5.75 Å². The fraction of sp³-hybridized carbons (Fsp3) is 0.333. The van der Waals surface area contributed by atoms with Gasteiger partial charge in [0.15, 0.2) is 22.5 Å². The van der Waals surface area contributed by atoms with Gasteiger partial charge >= 0.3 is 0 Å². The maximum absolute atomic E-state index is 5.91. The molecule has 0 N–H and O–H groups in total. The Kier molecular flexibility index (Phi) is 3.39. The summed E-state index contributed by atoms with van der Waals surface area (Å²) in [5.41, 5.74) is 1.80. The van der Waals surface area contributed by atoms with Gasteiger partial charge in [-0.05, 0) is 54.5 Å².